The molecule has 18 heavy (non-hydrogen) atoms. The summed E-state index contributed by atoms with van der Waals surface area (Å²) in [6, 6.07) is 8.76. The molecule has 0 aliphatic rings. The summed E-state index contributed by atoms with van der Waals surface area (Å²) in [6.07, 6.45) is 3.83. The summed E-state index contributed by atoms with van der Waals surface area (Å²) in [5.41, 5.74) is 1.33. The molecule has 0 bridgehead atoms. The van der Waals surface area contributed by atoms with Crippen LogP contribution in [0.2, 0.25) is 0 Å². The Morgan fingerprint density at radius 1 is 1.39 bits per heavy atom. The van der Waals surface area contributed by atoms with E-state index in [4.69, 9.17) is 0 Å². The first kappa shape index (κ1) is 13.2. The molecule has 1 atom stereocenters. The molecule has 96 valence electrons. The fraction of sp³-hybridized carbons (Fsp3) is 0.357. The summed E-state index contributed by atoms with van der Waals surface area (Å²) in [5, 5.41) is 3.33. The molecule has 1 aromatic carbocycles. The van der Waals surface area contributed by atoms with E-state index in [2.05, 4.69) is 46.1 Å². The Labute approximate surface area is 113 Å². The third-order valence-electron chi connectivity index (χ3n) is 3.02. The molecule has 1 heterocycles. The van der Waals surface area contributed by atoms with Crippen molar-refractivity contribution in [2.24, 2.45) is 7.05 Å². The minimum Gasteiger partial charge on any atom is -0.337 e. The van der Waals surface area contributed by atoms with Gasteiger partial charge in [0, 0.05) is 30.1 Å². The van der Waals surface area contributed by atoms with Crippen LogP contribution >= 0.6 is 11.8 Å². The first-order chi connectivity index (χ1) is 8.72. The molecule has 0 aliphatic heterocycles. The molecular weight excluding hydrogens is 242 g/mol. The van der Waals surface area contributed by atoms with E-state index in [1.54, 1.807) is 0 Å². The van der Waals surface area contributed by atoms with Crippen molar-refractivity contribution in [1.82, 2.24) is 14.9 Å². The largest absolute Gasteiger partial charge is 0.337 e. The Hall–Kier alpha value is -1.26. The van der Waals surface area contributed by atoms with Gasteiger partial charge in [-0.25, -0.2) is 4.98 Å². The number of imidazole rings is 1. The summed E-state index contributed by atoms with van der Waals surface area (Å²) < 4.78 is 2.07. The minimum absolute atomic E-state index is 0.273. The third-order valence-corrected chi connectivity index (χ3v) is 4.29. The summed E-state index contributed by atoms with van der Waals surface area (Å²) in [5.74, 6) is 2.06. The second kappa shape index (κ2) is 6.07. The lowest BCUT2D eigenvalue weighted by Crippen LogP contribution is -2.22. The van der Waals surface area contributed by atoms with Gasteiger partial charge >= 0.3 is 0 Å². The fourth-order valence-corrected chi connectivity index (χ4v) is 3.02. The van der Waals surface area contributed by atoms with Crippen molar-refractivity contribution in [3.8, 4) is 0 Å². The lowest BCUT2D eigenvalue weighted by atomic mass is 10.2. The summed E-state index contributed by atoms with van der Waals surface area (Å²) in [6.45, 7) is 2.15. The molecular formula is C14H19N3S. The van der Waals surface area contributed by atoms with Crippen molar-refractivity contribution in [1.29, 1.82) is 0 Å². The Morgan fingerprint density at radius 3 is 2.78 bits per heavy atom. The number of hydrogen-bond acceptors (Lipinski definition) is 3. The van der Waals surface area contributed by atoms with Gasteiger partial charge in [-0.1, -0.05) is 18.2 Å². The summed E-state index contributed by atoms with van der Waals surface area (Å²) in [7, 11) is 4.02. The Balaban J connectivity index is 2.05. The topological polar surface area (TPSA) is 29.9 Å². The molecule has 0 aliphatic carbocycles. The molecule has 1 aromatic heterocycles. The highest BCUT2D eigenvalue weighted by atomic mass is 32.2. The third kappa shape index (κ3) is 2.94. The molecule has 3 nitrogen and oxygen atoms in total. The Kier molecular flexibility index (Phi) is 4.44. The number of thioether (sulfide) groups is 1. The maximum atomic E-state index is 4.41. The number of benzene rings is 1. The maximum absolute atomic E-state index is 4.41. The van der Waals surface area contributed by atoms with Gasteiger partial charge in [0.05, 0.1) is 6.04 Å². The molecule has 0 saturated carbocycles. The van der Waals surface area contributed by atoms with Crippen molar-refractivity contribution >= 4 is 11.8 Å². The Morgan fingerprint density at radius 2 is 2.17 bits per heavy atom. The molecule has 0 fully saturated rings. The molecule has 4 heteroatoms. The Bertz CT molecular complexity index is 507. The van der Waals surface area contributed by atoms with Crippen molar-refractivity contribution < 1.29 is 0 Å². The van der Waals surface area contributed by atoms with Gasteiger partial charge in [-0.05, 0) is 25.6 Å². The smallest absolute Gasteiger partial charge is 0.126 e. The van der Waals surface area contributed by atoms with E-state index in [0.717, 1.165) is 11.6 Å². The predicted molar refractivity (Wildman–Crippen MR) is 76.9 cm³/mol. The maximum Gasteiger partial charge on any atom is 0.126 e. The quantitative estimate of drug-likeness (QED) is 0.839. The second-order valence-electron chi connectivity index (χ2n) is 4.31. The number of hydrogen-bond donors (Lipinski definition) is 1. The van der Waals surface area contributed by atoms with Crippen LogP contribution in [-0.4, -0.2) is 22.4 Å². The second-order valence-corrected chi connectivity index (χ2v) is 5.38. The molecule has 1 N–H and O–H groups in total. The number of aromatic nitrogens is 2. The van der Waals surface area contributed by atoms with Crippen LogP contribution in [0.1, 0.15) is 17.4 Å². The first-order valence-corrected chi connectivity index (χ1v) is 7.04. The van der Waals surface area contributed by atoms with Gasteiger partial charge in [0.25, 0.3) is 0 Å². The van der Waals surface area contributed by atoms with Crippen molar-refractivity contribution in [2.45, 2.75) is 17.9 Å². The van der Waals surface area contributed by atoms with Crippen LogP contribution in [0, 0.1) is 6.92 Å². The molecule has 2 rings (SSSR count). The highest BCUT2D eigenvalue weighted by molar-refractivity contribution is 7.99. The average Bonchev–Trinajstić information content (AvgIpc) is 2.79. The number of nitrogens with zero attached hydrogens (tertiary/aromatic N) is 2. The van der Waals surface area contributed by atoms with Crippen LogP contribution in [0.3, 0.4) is 0 Å². The zero-order valence-corrected chi connectivity index (χ0v) is 11.9. The van der Waals surface area contributed by atoms with Crippen LogP contribution in [0.5, 0.6) is 0 Å². The summed E-state index contributed by atoms with van der Waals surface area (Å²) >= 11 is 1.87. The van der Waals surface area contributed by atoms with Gasteiger partial charge in [0.15, 0.2) is 0 Å². The average molecular weight is 261 g/mol. The molecule has 1 unspecified atom stereocenters. The zero-order chi connectivity index (χ0) is 13.0. The first-order valence-electron chi connectivity index (χ1n) is 6.05. The zero-order valence-electron chi connectivity index (χ0n) is 11.1. The van der Waals surface area contributed by atoms with E-state index in [0.29, 0.717) is 0 Å². The van der Waals surface area contributed by atoms with E-state index >= 15 is 0 Å². The van der Waals surface area contributed by atoms with Crippen molar-refractivity contribution in [2.75, 3.05) is 12.8 Å². The van der Waals surface area contributed by atoms with Crippen LogP contribution in [0.15, 0.2) is 41.6 Å². The van der Waals surface area contributed by atoms with E-state index in [-0.39, 0.29) is 6.04 Å². The predicted octanol–water partition coefficient (Wildman–Crippen LogP) is 2.78. The highest BCUT2D eigenvalue weighted by Crippen LogP contribution is 2.26. The molecule has 0 amide bonds. The normalized spacial score (nSPS) is 12.6. The van der Waals surface area contributed by atoms with E-state index in [1.807, 2.05) is 38.3 Å². The highest BCUT2D eigenvalue weighted by Gasteiger charge is 2.14. The van der Waals surface area contributed by atoms with E-state index in [9.17, 15) is 0 Å². The van der Waals surface area contributed by atoms with Crippen LogP contribution in [0.25, 0.3) is 0 Å². The van der Waals surface area contributed by atoms with E-state index in [1.165, 1.54) is 10.5 Å². The van der Waals surface area contributed by atoms with Crippen molar-refractivity contribution in [3.05, 3.63) is 48.0 Å². The van der Waals surface area contributed by atoms with Crippen LogP contribution in [0.4, 0.5) is 0 Å². The van der Waals surface area contributed by atoms with E-state index < -0.39 is 0 Å². The van der Waals surface area contributed by atoms with Gasteiger partial charge in [0.1, 0.15) is 5.82 Å². The number of nitrogens with one attached hydrogen (secondary N) is 1. The standard InChI is InChI=1S/C14H19N3S/c1-11-6-4-5-7-13(11)18-10-12(15-2)14-16-8-9-17(14)3/h4-9,12,15H,10H2,1-3H3. The number of aryl methyl sites for hydroxylation is 2. The molecule has 0 saturated heterocycles. The monoisotopic (exact) mass is 261 g/mol. The van der Waals surface area contributed by atoms with Crippen molar-refractivity contribution in [3.63, 3.8) is 0 Å². The SMILES string of the molecule is CNC(CSc1ccccc1C)c1nccn1C. The summed E-state index contributed by atoms with van der Waals surface area (Å²) in [4.78, 5) is 5.75. The lowest BCUT2D eigenvalue weighted by Gasteiger charge is -2.16. The molecule has 0 radical (unpaired) electrons. The fourth-order valence-electron chi connectivity index (χ4n) is 1.89. The van der Waals surface area contributed by atoms with Gasteiger partial charge in [0.2, 0.25) is 0 Å². The minimum atomic E-state index is 0.273. The van der Waals surface area contributed by atoms with Gasteiger partial charge in [-0.15, -0.1) is 11.8 Å². The van der Waals surface area contributed by atoms with Crippen LogP contribution < -0.4 is 5.32 Å². The number of rotatable bonds is 5. The lowest BCUT2D eigenvalue weighted by molar-refractivity contribution is 0.593. The van der Waals surface area contributed by atoms with Gasteiger partial charge in [-0.3, -0.25) is 0 Å². The molecule has 2 aromatic rings. The molecule has 0 spiro atoms. The van der Waals surface area contributed by atoms with Crippen LogP contribution in [-0.2, 0) is 7.05 Å². The van der Waals surface area contributed by atoms with Gasteiger partial charge < -0.3 is 9.88 Å². The van der Waals surface area contributed by atoms with Gasteiger partial charge in [-0.2, -0.15) is 0 Å².